The Hall–Kier alpha value is -1.06. The Balaban J connectivity index is 2.12. The topological polar surface area (TPSA) is 32.5 Å². The molecule has 0 bridgehead atoms. The van der Waals surface area contributed by atoms with Gasteiger partial charge in [-0.2, -0.15) is 0 Å². The van der Waals surface area contributed by atoms with Crippen molar-refractivity contribution in [1.82, 2.24) is 4.90 Å². The molecule has 1 aliphatic rings. The van der Waals surface area contributed by atoms with Crippen molar-refractivity contribution in [3.8, 4) is 0 Å². The summed E-state index contributed by atoms with van der Waals surface area (Å²) < 4.78 is 0. The van der Waals surface area contributed by atoms with Gasteiger partial charge in [0.25, 0.3) is 0 Å². The summed E-state index contributed by atoms with van der Waals surface area (Å²) in [5.41, 5.74) is 8.95. The number of rotatable bonds is 4. The highest BCUT2D eigenvalue weighted by atomic mass is 15.2. The molecule has 2 N–H and O–H groups in total. The van der Waals surface area contributed by atoms with Crippen LogP contribution in [-0.4, -0.2) is 45.2 Å². The summed E-state index contributed by atoms with van der Waals surface area (Å²) in [6, 6.07) is 8.99. The zero-order valence-corrected chi connectivity index (χ0v) is 12.7. The molecule has 0 spiro atoms. The van der Waals surface area contributed by atoms with Crippen LogP contribution in [0.5, 0.6) is 0 Å². The van der Waals surface area contributed by atoms with Gasteiger partial charge in [-0.15, -0.1) is 0 Å². The van der Waals surface area contributed by atoms with E-state index in [9.17, 15) is 0 Å². The first-order valence-corrected chi connectivity index (χ1v) is 7.13. The largest absolute Gasteiger partial charge is 0.378 e. The van der Waals surface area contributed by atoms with E-state index >= 15 is 0 Å². The van der Waals surface area contributed by atoms with Gasteiger partial charge in [-0.1, -0.05) is 12.1 Å². The average molecular weight is 261 g/mol. The van der Waals surface area contributed by atoms with Crippen molar-refractivity contribution in [2.24, 2.45) is 5.73 Å². The minimum atomic E-state index is 0.199. The number of anilines is 1. The van der Waals surface area contributed by atoms with Gasteiger partial charge in [0.15, 0.2) is 0 Å². The van der Waals surface area contributed by atoms with Crippen molar-refractivity contribution >= 4 is 5.69 Å². The predicted octanol–water partition coefficient (Wildman–Crippen LogP) is 2.28. The number of nitrogens with zero attached hydrogens (tertiary/aromatic N) is 2. The Labute approximate surface area is 117 Å². The van der Waals surface area contributed by atoms with E-state index < -0.39 is 0 Å². The molecule has 0 aromatic heterocycles. The minimum Gasteiger partial charge on any atom is -0.378 e. The fourth-order valence-electron chi connectivity index (χ4n) is 3.21. The van der Waals surface area contributed by atoms with Gasteiger partial charge in [-0.25, -0.2) is 0 Å². The van der Waals surface area contributed by atoms with Crippen molar-refractivity contribution < 1.29 is 0 Å². The summed E-state index contributed by atoms with van der Waals surface area (Å²) in [7, 11) is 8.47. The fraction of sp³-hybridized carbons (Fsp3) is 0.625. The maximum absolute atomic E-state index is 6.03. The number of nitrogens with two attached hydrogens (primary N) is 1. The van der Waals surface area contributed by atoms with Crippen molar-refractivity contribution in [1.29, 1.82) is 0 Å². The Morgan fingerprint density at radius 3 is 2.21 bits per heavy atom. The molecule has 2 atom stereocenters. The average Bonchev–Trinajstić information content (AvgIpc) is 2.84. The number of benzene rings is 1. The molecule has 0 amide bonds. The molecule has 1 aliphatic carbocycles. The molecule has 106 valence electrons. The highest BCUT2D eigenvalue weighted by Gasteiger charge is 2.40. The molecule has 0 heterocycles. The van der Waals surface area contributed by atoms with Gasteiger partial charge in [-0.3, -0.25) is 0 Å². The van der Waals surface area contributed by atoms with E-state index in [1.165, 1.54) is 30.5 Å². The molecule has 0 aliphatic heterocycles. The lowest BCUT2D eigenvalue weighted by Gasteiger charge is -2.35. The smallest absolute Gasteiger partial charge is 0.0361 e. The van der Waals surface area contributed by atoms with Crippen LogP contribution in [-0.2, 0) is 0 Å². The van der Waals surface area contributed by atoms with E-state index in [1.807, 2.05) is 0 Å². The van der Waals surface area contributed by atoms with Crippen LogP contribution in [0.15, 0.2) is 24.3 Å². The van der Waals surface area contributed by atoms with Gasteiger partial charge >= 0.3 is 0 Å². The SMILES string of the molecule is CN(C)c1ccc(C2CCC(CN)(N(C)C)C2)cc1. The van der Waals surface area contributed by atoms with Gasteiger partial charge in [0.1, 0.15) is 0 Å². The van der Waals surface area contributed by atoms with Crippen LogP contribution in [0.1, 0.15) is 30.7 Å². The fourth-order valence-corrected chi connectivity index (χ4v) is 3.21. The normalized spacial score (nSPS) is 26.9. The second-order valence-corrected chi connectivity index (χ2v) is 6.25. The van der Waals surface area contributed by atoms with Gasteiger partial charge in [-0.05, 0) is 57.0 Å². The maximum atomic E-state index is 6.03. The first kappa shape index (κ1) is 14.4. The van der Waals surface area contributed by atoms with E-state index in [2.05, 4.69) is 62.3 Å². The summed E-state index contributed by atoms with van der Waals surface area (Å²) in [5.74, 6) is 0.655. The molecule has 3 nitrogen and oxygen atoms in total. The zero-order valence-electron chi connectivity index (χ0n) is 12.7. The van der Waals surface area contributed by atoms with Crippen LogP contribution in [0, 0.1) is 0 Å². The van der Waals surface area contributed by atoms with E-state index in [-0.39, 0.29) is 5.54 Å². The van der Waals surface area contributed by atoms with E-state index in [4.69, 9.17) is 5.73 Å². The number of hydrogen-bond donors (Lipinski definition) is 1. The second-order valence-electron chi connectivity index (χ2n) is 6.25. The van der Waals surface area contributed by atoms with Crippen LogP contribution in [0.3, 0.4) is 0 Å². The molecule has 1 aromatic rings. The predicted molar refractivity (Wildman–Crippen MR) is 82.8 cm³/mol. The molecule has 0 radical (unpaired) electrons. The van der Waals surface area contributed by atoms with E-state index in [0.29, 0.717) is 5.92 Å². The summed E-state index contributed by atoms with van der Waals surface area (Å²) >= 11 is 0. The van der Waals surface area contributed by atoms with Crippen molar-refractivity contribution in [3.05, 3.63) is 29.8 Å². The third kappa shape index (κ3) is 2.77. The van der Waals surface area contributed by atoms with Gasteiger partial charge in [0.05, 0.1) is 0 Å². The van der Waals surface area contributed by atoms with Crippen molar-refractivity contribution in [2.45, 2.75) is 30.7 Å². The van der Waals surface area contributed by atoms with Gasteiger partial charge < -0.3 is 15.5 Å². The lowest BCUT2D eigenvalue weighted by molar-refractivity contribution is 0.165. The van der Waals surface area contributed by atoms with Crippen LogP contribution < -0.4 is 10.6 Å². The van der Waals surface area contributed by atoms with Crippen LogP contribution in [0.4, 0.5) is 5.69 Å². The van der Waals surface area contributed by atoms with Crippen molar-refractivity contribution in [3.63, 3.8) is 0 Å². The zero-order chi connectivity index (χ0) is 14.0. The van der Waals surface area contributed by atoms with Gasteiger partial charge in [0, 0.05) is 31.9 Å². The molecule has 0 saturated heterocycles. The maximum Gasteiger partial charge on any atom is 0.0361 e. The number of likely N-dealkylation sites (N-methyl/N-ethyl adjacent to an activating group) is 1. The third-order valence-corrected chi connectivity index (χ3v) is 4.79. The summed E-state index contributed by atoms with van der Waals surface area (Å²) in [5, 5.41) is 0. The third-order valence-electron chi connectivity index (χ3n) is 4.79. The number of hydrogen-bond acceptors (Lipinski definition) is 3. The lowest BCUT2D eigenvalue weighted by Crippen LogP contribution is -2.48. The van der Waals surface area contributed by atoms with Crippen molar-refractivity contribution in [2.75, 3.05) is 39.6 Å². The molecule has 3 heteroatoms. The Morgan fingerprint density at radius 2 is 1.79 bits per heavy atom. The second kappa shape index (κ2) is 5.51. The molecular weight excluding hydrogens is 234 g/mol. The molecular formula is C16H27N3. The summed E-state index contributed by atoms with van der Waals surface area (Å²) in [6.45, 7) is 0.756. The molecule has 1 saturated carbocycles. The standard InChI is InChI=1S/C16H27N3/c1-18(2)15-7-5-13(6-8-15)14-9-10-16(11-14,12-17)19(3)4/h5-8,14H,9-12,17H2,1-4H3. The highest BCUT2D eigenvalue weighted by molar-refractivity contribution is 5.46. The monoisotopic (exact) mass is 261 g/mol. The lowest BCUT2D eigenvalue weighted by atomic mass is 9.91. The first-order valence-electron chi connectivity index (χ1n) is 7.13. The van der Waals surface area contributed by atoms with E-state index in [1.54, 1.807) is 0 Å². The molecule has 2 rings (SSSR count). The minimum absolute atomic E-state index is 0.199. The van der Waals surface area contributed by atoms with Crippen LogP contribution >= 0.6 is 0 Å². The Kier molecular flexibility index (Phi) is 4.16. The Morgan fingerprint density at radius 1 is 1.16 bits per heavy atom. The Bertz CT molecular complexity index is 411. The highest BCUT2D eigenvalue weighted by Crippen LogP contribution is 2.43. The molecule has 2 unspecified atom stereocenters. The molecule has 1 fully saturated rings. The van der Waals surface area contributed by atoms with Gasteiger partial charge in [0.2, 0.25) is 0 Å². The molecule has 1 aromatic carbocycles. The molecule has 19 heavy (non-hydrogen) atoms. The van der Waals surface area contributed by atoms with E-state index in [0.717, 1.165) is 6.54 Å². The summed E-state index contributed by atoms with van der Waals surface area (Å²) in [4.78, 5) is 4.46. The quantitative estimate of drug-likeness (QED) is 0.902. The van der Waals surface area contributed by atoms with Crippen LogP contribution in [0.2, 0.25) is 0 Å². The summed E-state index contributed by atoms with van der Waals surface area (Å²) in [6.07, 6.45) is 3.63. The van der Waals surface area contributed by atoms with Crippen LogP contribution in [0.25, 0.3) is 0 Å². The first-order chi connectivity index (χ1) is 8.98.